The molecule has 8 heteroatoms. The molecular weight excluding hydrogens is 291 g/mol. The van der Waals surface area contributed by atoms with Gasteiger partial charge in [0.1, 0.15) is 5.75 Å². The van der Waals surface area contributed by atoms with Gasteiger partial charge in [-0.3, -0.25) is 9.59 Å². The Morgan fingerprint density at radius 2 is 1.76 bits per heavy atom. The summed E-state index contributed by atoms with van der Waals surface area (Å²) in [5, 5.41) is 10.8. The molecule has 0 spiro atoms. The first-order valence-corrected chi connectivity index (χ1v) is 6.09. The first-order valence-electron chi connectivity index (χ1n) is 6.09. The van der Waals surface area contributed by atoms with E-state index >= 15 is 0 Å². The number of amides is 1. The molecule has 0 aliphatic rings. The number of carbonyl (C=O) groups is 2. The molecule has 0 saturated heterocycles. The molecule has 1 aromatic rings. The minimum absolute atomic E-state index is 0.0481. The molecule has 1 rings (SSSR count). The average molecular weight is 305 g/mol. The molecule has 0 fully saturated rings. The minimum atomic E-state index is -4.73. The smallest absolute Gasteiger partial charge is 0.481 e. The van der Waals surface area contributed by atoms with E-state index in [0.29, 0.717) is 12.0 Å². The number of alkyl halides is 3. The van der Waals surface area contributed by atoms with Crippen LogP contribution in [0.2, 0.25) is 0 Å². The first kappa shape index (κ1) is 16.8. The van der Waals surface area contributed by atoms with Gasteiger partial charge in [-0.05, 0) is 24.1 Å². The molecule has 0 heterocycles. The van der Waals surface area contributed by atoms with Crippen molar-refractivity contribution in [2.75, 3.05) is 6.54 Å². The van der Waals surface area contributed by atoms with E-state index in [0.717, 1.165) is 0 Å². The van der Waals surface area contributed by atoms with E-state index in [-0.39, 0.29) is 31.0 Å². The number of aliphatic carboxylic acids is 1. The molecule has 1 aromatic carbocycles. The number of benzene rings is 1. The van der Waals surface area contributed by atoms with Gasteiger partial charge in [0, 0.05) is 13.0 Å². The van der Waals surface area contributed by atoms with Crippen LogP contribution < -0.4 is 10.1 Å². The molecule has 0 unspecified atom stereocenters. The van der Waals surface area contributed by atoms with Gasteiger partial charge >= 0.3 is 12.3 Å². The van der Waals surface area contributed by atoms with Crippen LogP contribution in [-0.2, 0) is 16.0 Å². The van der Waals surface area contributed by atoms with Crippen LogP contribution in [0.1, 0.15) is 18.4 Å². The van der Waals surface area contributed by atoms with Gasteiger partial charge in [-0.25, -0.2) is 0 Å². The standard InChI is InChI=1S/C13H14F3NO4/c14-13(15,16)21-10-4-1-9(2-5-10)3-6-11(18)17-8-7-12(19)20/h1-2,4-5H,3,6-8H2,(H,17,18)(H,19,20). The van der Waals surface area contributed by atoms with Crippen molar-refractivity contribution in [2.24, 2.45) is 0 Å². The minimum Gasteiger partial charge on any atom is -0.481 e. The van der Waals surface area contributed by atoms with Crippen molar-refractivity contribution in [1.82, 2.24) is 5.32 Å². The normalized spacial score (nSPS) is 11.0. The molecule has 0 saturated carbocycles. The number of carbonyl (C=O) groups excluding carboxylic acids is 1. The number of hydrogen-bond acceptors (Lipinski definition) is 3. The molecule has 0 atom stereocenters. The van der Waals surface area contributed by atoms with Gasteiger partial charge in [-0.1, -0.05) is 12.1 Å². The second-order valence-electron chi connectivity index (χ2n) is 4.19. The highest BCUT2D eigenvalue weighted by molar-refractivity contribution is 5.77. The lowest BCUT2D eigenvalue weighted by molar-refractivity contribution is -0.274. The van der Waals surface area contributed by atoms with Crippen molar-refractivity contribution in [3.05, 3.63) is 29.8 Å². The van der Waals surface area contributed by atoms with Crippen molar-refractivity contribution in [3.8, 4) is 5.75 Å². The molecule has 0 bridgehead atoms. The predicted molar refractivity (Wildman–Crippen MR) is 66.7 cm³/mol. The third-order valence-electron chi connectivity index (χ3n) is 2.46. The maximum Gasteiger partial charge on any atom is 0.573 e. The Morgan fingerprint density at radius 1 is 1.14 bits per heavy atom. The van der Waals surface area contributed by atoms with Crippen LogP contribution >= 0.6 is 0 Å². The van der Waals surface area contributed by atoms with Crippen LogP contribution in [0.4, 0.5) is 13.2 Å². The lowest BCUT2D eigenvalue weighted by Crippen LogP contribution is -2.26. The summed E-state index contributed by atoms with van der Waals surface area (Å²) in [5.74, 6) is -1.64. The fourth-order valence-electron chi connectivity index (χ4n) is 1.51. The number of aryl methyl sites for hydroxylation is 1. The number of hydrogen-bond donors (Lipinski definition) is 2. The van der Waals surface area contributed by atoms with E-state index in [2.05, 4.69) is 10.1 Å². The molecule has 116 valence electrons. The molecule has 0 aliphatic heterocycles. The Kier molecular flexibility index (Phi) is 6.01. The van der Waals surface area contributed by atoms with E-state index < -0.39 is 12.3 Å². The zero-order valence-corrected chi connectivity index (χ0v) is 10.9. The number of carboxylic acid groups (broad SMARTS) is 1. The molecule has 2 N–H and O–H groups in total. The lowest BCUT2D eigenvalue weighted by Gasteiger charge is -2.09. The molecule has 0 radical (unpaired) electrons. The monoisotopic (exact) mass is 305 g/mol. The zero-order chi connectivity index (χ0) is 15.9. The van der Waals surface area contributed by atoms with Gasteiger partial charge in [0.05, 0.1) is 6.42 Å². The Bertz CT molecular complexity index is 485. The highest BCUT2D eigenvalue weighted by Crippen LogP contribution is 2.22. The summed E-state index contributed by atoms with van der Waals surface area (Å²) in [6.07, 6.45) is -4.43. The summed E-state index contributed by atoms with van der Waals surface area (Å²) in [4.78, 5) is 21.6. The van der Waals surface area contributed by atoms with Gasteiger partial charge in [-0.15, -0.1) is 13.2 Å². The second kappa shape index (κ2) is 7.51. The largest absolute Gasteiger partial charge is 0.573 e. The highest BCUT2D eigenvalue weighted by Gasteiger charge is 2.30. The van der Waals surface area contributed by atoms with E-state index in [4.69, 9.17) is 5.11 Å². The van der Waals surface area contributed by atoms with Gasteiger partial charge in [-0.2, -0.15) is 0 Å². The third kappa shape index (κ3) is 7.81. The summed E-state index contributed by atoms with van der Waals surface area (Å²) in [7, 11) is 0. The van der Waals surface area contributed by atoms with Crippen LogP contribution in [0.15, 0.2) is 24.3 Å². The molecular formula is C13H14F3NO4. The van der Waals surface area contributed by atoms with Gasteiger partial charge in [0.2, 0.25) is 5.91 Å². The van der Waals surface area contributed by atoms with Crippen LogP contribution in [-0.4, -0.2) is 29.9 Å². The number of carboxylic acids is 1. The fraction of sp³-hybridized carbons (Fsp3) is 0.385. The third-order valence-corrected chi connectivity index (χ3v) is 2.46. The van der Waals surface area contributed by atoms with Crippen molar-refractivity contribution in [1.29, 1.82) is 0 Å². The summed E-state index contributed by atoms with van der Waals surface area (Å²) in [5.41, 5.74) is 0.679. The SMILES string of the molecule is O=C(O)CCNC(=O)CCc1ccc(OC(F)(F)F)cc1. The average Bonchev–Trinajstić information content (AvgIpc) is 2.35. The first-order chi connectivity index (χ1) is 9.76. The topological polar surface area (TPSA) is 75.6 Å². The Hall–Kier alpha value is -2.25. The van der Waals surface area contributed by atoms with Crippen LogP contribution in [0.5, 0.6) is 5.75 Å². The predicted octanol–water partition coefficient (Wildman–Crippen LogP) is 2.11. The number of ether oxygens (including phenoxy) is 1. The van der Waals surface area contributed by atoms with Crippen molar-refractivity contribution >= 4 is 11.9 Å². The van der Waals surface area contributed by atoms with Gasteiger partial charge in [0.15, 0.2) is 0 Å². The summed E-state index contributed by atoms with van der Waals surface area (Å²) in [6.45, 7) is 0.0481. The molecule has 0 aliphatic carbocycles. The Morgan fingerprint density at radius 3 is 2.29 bits per heavy atom. The maximum absolute atomic E-state index is 12.0. The summed E-state index contributed by atoms with van der Waals surface area (Å²) in [6, 6.07) is 5.22. The molecule has 21 heavy (non-hydrogen) atoms. The Labute approximate surface area is 118 Å². The van der Waals surface area contributed by atoms with Crippen LogP contribution in [0, 0.1) is 0 Å². The number of halogens is 3. The fourth-order valence-corrected chi connectivity index (χ4v) is 1.51. The maximum atomic E-state index is 12.0. The Balaban J connectivity index is 2.35. The highest BCUT2D eigenvalue weighted by atomic mass is 19.4. The van der Waals surface area contributed by atoms with Crippen molar-refractivity contribution in [2.45, 2.75) is 25.6 Å². The quantitative estimate of drug-likeness (QED) is 0.809. The van der Waals surface area contributed by atoms with Gasteiger partial charge in [0.25, 0.3) is 0 Å². The van der Waals surface area contributed by atoms with Crippen LogP contribution in [0.25, 0.3) is 0 Å². The van der Waals surface area contributed by atoms with Crippen molar-refractivity contribution < 1.29 is 32.6 Å². The number of nitrogens with one attached hydrogen (secondary N) is 1. The van der Waals surface area contributed by atoms with E-state index in [1.807, 2.05) is 0 Å². The number of rotatable bonds is 7. The van der Waals surface area contributed by atoms with Crippen LogP contribution in [0.3, 0.4) is 0 Å². The van der Waals surface area contributed by atoms with E-state index in [1.165, 1.54) is 24.3 Å². The molecule has 0 aromatic heterocycles. The summed E-state index contributed by atoms with van der Waals surface area (Å²) >= 11 is 0. The summed E-state index contributed by atoms with van der Waals surface area (Å²) < 4.78 is 39.6. The van der Waals surface area contributed by atoms with Gasteiger partial charge < -0.3 is 15.2 Å². The molecule has 5 nitrogen and oxygen atoms in total. The van der Waals surface area contributed by atoms with Crippen molar-refractivity contribution in [3.63, 3.8) is 0 Å². The molecule has 1 amide bonds. The zero-order valence-electron chi connectivity index (χ0n) is 10.9. The van der Waals surface area contributed by atoms with E-state index in [1.54, 1.807) is 0 Å². The lowest BCUT2D eigenvalue weighted by atomic mass is 10.1. The second-order valence-corrected chi connectivity index (χ2v) is 4.19. The van der Waals surface area contributed by atoms with E-state index in [9.17, 15) is 22.8 Å².